The van der Waals surface area contributed by atoms with Crippen molar-refractivity contribution in [1.29, 1.82) is 0 Å². The summed E-state index contributed by atoms with van der Waals surface area (Å²) in [5.41, 5.74) is -0.776. The Morgan fingerprint density at radius 3 is 2.76 bits per heavy atom. The van der Waals surface area contributed by atoms with Crippen LogP contribution in [0.5, 0.6) is 0 Å². The molecule has 1 rings (SSSR count). The van der Waals surface area contributed by atoms with Crippen molar-refractivity contribution in [3.05, 3.63) is 17.5 Å². The zero-order chi connectivity index (χ0) is 13.1. The summed E-state index contributed by atoms with van der Waals surface area (Å²) < 4.78 is 38.2. The summed E-state index contributed by atoms with van der Waals surface area (Å²) >= 11 is 0. The summed E-state index contributed by atoms with van der Waals surface area (Å²) in [6.07, 6.45) is -4.54. The molecule has 1 aromatic heterocycles. The third-order valence-corrected chi connectivity index (χ3v) is 1.92. The van der Waals surface area contributed by atoms with Crippen molar-refractivity contribution in [3.63, 3.8) is 0 Å². The van der Waals surface area contributed by atoms with Gasteiger partial charge in [0.15, 0.2) is 0 Å². The topological polar surface area (TPSA) is 67.2 Å². The smallest absolute Gasteiger partial charge is 0.395 e. The highest BCUT2D eigenvalue weighted by Gasteiger charge is 2.35. The molecule has 0 saturated carbocycles. The summed E-state index contributed by atoms with van der Waals surface area (Å²) in [4.78, 5) is 11.2. The van der Waals surface area contributed by atoms with Crippen LogP contribution in [-0.2, 0) is 17.5 Å². The van der Waals surface area contributed by atoms with Crippen LogP contribution in [0.25, 0.3) is 0 Å². The summed E-state index contributed by atoms with van der Waals surface area (Å²) in [5, 5.41) is 14.3. The molecule has 1 heterocycles. The van der Waals surface area contributed by atoms with Crippen molar-refractivity contribution < 1.29 is 23.1 Å². The van der Waals surface area contributed by atoms with Gasteiger partial charge in [0.2, 0.25) is 5.91 Å². The van der Waals surface area contributed by atoms with Gasteiger partial charge in [-0.1, -0.05) is 0 Å². The van der Waals surface area contributed by atoms with Crippen molar-refractivity contribution in [2.24, 2.45) is 0 Å². The van der Waals surface area contributed by atoms with E-state index < -0.39 is 24.3 Å². The van der Waals surface area contributed by atoms with Gasteiger partial charge >= 0.3 is 6.18 Å². The summed E-state index contributed by atoms with van der Waals surface area (Å²) in [5.74, 6) is -0.632. The van der Waals surface area contributed by atoms with E-state index in [0.717, 1.165) is 6.07 Å². The molecule has 0 atom stereocenters. The average Bonchev–Trinajstić information content (AvgIpc) is 2.56. The Balaban J connectivity index is 2.80. The Morgan fingerprint density at radius 2 is 2.24 bits per heavy atom. The molecule has 0 saturated heterocycles. The second-order valence-corrected chi connectivity index (χ2v) is 3.40. The van der Waals surface area contributed by atoms with Gasteiger partial charge < -0.3 is 10.4 Å². The van der Waals surface area contributed by atoms with Crippen LogP contribution < -0.4 is 5.32 Å². The second-order valence-electron chi connectivity index (χ2n) is 3.40. The van der Waals surface area contributed by atoms with Crippen LogP contribution in [0.1, 0.15) is 11.4 Å². The number of aliphatic hydroxyl groups excluding tert-OH is 1. The van der Waals surface area contributed by atoms with Crippen molar-refractivity contribution in [1.82, 2.24) is 15.1 Å². The number of hydrogen-bond acceptors (Lipinski definition) is 3. The molecule has 0 unspecified atom stereocenters. The minimum atomic E-state index is -4.54. The number of halogens is 3. The molecule has 1 amide bonds. The van der Waals surface area contributed by atoms with Gasteiger partial charge in [0.05, 0.1) is 12.3 Å². The van der Waals surface area contributed by atoms with Gasteiger partial charge in [0.1, 0.15) is 12.2 Å². The maximum atomic E-state index is 12.5. The highest BCUT2D eigenvalue weighted by atomic mass is 19.4. The lowest BCUT2D eigenvalue weighted by atomic mass is 10.3. The second kappa shape index (κ2) is 5.17. The monoisotopic (exact) mass is 251 g/mol. The normalized spacial score (nSPS) is 11.6. The third-order valence-electron chi connectivity index (χ3n) is 1.92. The van der Waals surface area contributed by atoms with Crippen LogP contribution in [-0.4, -0.2) is 33.9 Å². The van der Waals surface area contributed by atoms with E-state index in [2.05, 4.69) is 10.4 Å². The van der Waals surface area contributed by atoms with Gasteiger partial charge in [0, 0.05) is 6.54 Å². The maximum absolute atomic E-state index is 12.5. The number of rotatable bonds is 4. The Hall–Kier alpha value is -1.57. The third kappa shape index (κ3) is 3.74. The van der Waals surface area contributed by atoms with E-state index in [1.807, 2.05) is 0 Å². The number of aryl methyl sites for hydroxylation is 1. The van der Waals surface area contributed by atoms with E-state index in [1.54, 1.807) is 0 Å². The van der Waals surface area contributed by atoms with E-state index in [-0.39, 0.29) is 18.8 Å². The van der Waals surface area contributed by atoms with Crippen molar-refractivity contribution in [3.8, 4) is 0 Å². The zero-order valence-corrected chi connectivity index (χ0v) is 9.08. The predicted molar refractivity (Wildman–Crippen MR) is 52.1 cm³/mol. The van der Waals surface area contributed by atoms with E-state index in [9.17, 15) is 18.0 Å². The molecule has 0 bridgehead atoms. The molecule has 5 nitrogen and oxygen atoms in total. The Kier molecular flexibility index (Phi) is 4.11. The summed E-state index contributed by atoms with van der Waals surface area (Å²) in [6.45, 7) is 0.622. The van der Waals surface area contributed by atoms with Crippen molar-refractivity contribution in [2.75, 3.05) is 13.2 Å². The molecule has 0 aliphatic rings. The number of carbonyl (C=O) groups is 1. The van der Waals surface area contributed by atoms with Gasteiger partial charge in [0.25, 0.3) is 0 Å². The average molecular weight is 251 g/mol. The van der Waals surface area contributed by atoms with E-state index in [0.29, 0.717) is 4.68 Å². The molecular weight excluding hydrogens is 239 g/mol. The minimum absolute atomic E-state index is 0.000432. The van der Waals surface area contributed by atoms with Crippen LogP contribution in [0.4, 0.5) is 13.2 Å². The first kappa shape index (κ1) is 13.5. The van der Waals surface area contributed by atoms with E-state index in [4.69, 9.17) is 5.11 Å². The first-order valence-electron chi connectivity index (χ1n) is 4.84. The molecule has 0 aromatic carbocycles. The first-order valence-corrected chi connectivity index (χ1v) is 4.84. The largest absolute Gasteiger partial charge is 0.433 e. The molecule has 96 valence electrons. The Labute approximate surface area is 95.2 Å². The van der Waals surface area contributed by atoms with Gasteiger partial charge in [-0.05, 0) is 13.0 Å². The summed E-state index contributed by atoms with van der Waals surface area (Å²) in [6, 6.07) is 0.874. The maximum Gasteiger partial charge on any atom is 0.433 e. The molecule has 8 heteroatoms. The highest BCUT2D eigenvalue weighted by Crippen LogP contribution is 2.29. The fourth-order valence-electron chi connectivity index (χ4n) is 1.28. The highest BCUT2D eigenvalue weighted by molar-refractivity contribution is 5.75. The van der Waals surface area contributed by atoms with Gasteiger partial charge in [-0.25, -0.2) is 0 Å². The van der Waals surface area contributed by atoms with Gasteiger partial charge in [-0.15, -0.1) is 0 Å². The van der Waals surface area contributed by atoms with E-state index >= 15 is 0 Å². The molecule has 2 N–H and O–H groups in total. The number of nitrogens with one attached hydrogen (secondary N) is 1. The number of aromatic nitrogens is 2. The molecular formula is C9H12F3N3O2. The number of alkyl halides is 3. The fraction of sp³-hybridized carbons (Fsp3) is 0.556. The Morgan fingerprint density at radius 1 is 1.59 bits per heavy atom. The SMILES string of the molecule is Cc1cc(C(F)(F)F)n(CC(=O)NCCO)n1. The number of amides is 1. The number of hydrogen-bond donors (Lipinski definition) is 2. The molecule has 0 aliphatic heterocycles. The van der Waals surface area contributed by atoms with Gasteiger partial charge in [-0.2, -0.15) is 18.3 Å². The standard InChI is InChI=1S/C9H12F3N3O2/c1-6-4-7(9(10,11)12)15(14-6)5-8(17)13-2-3-16/h4,16H,2-3,5H2,1H3,(H,13,17). The Bertz CT molecular complexity index is 401. The molecule has 1 aromatic rings. The fourth-order valence-corrected chi connectivity index (χ4v) is 1.28. The van der Waals surface area contributed by atoms with Crippen LogP contribution in [0.2, 0.25) is 0 Å². The lowest BCUT2D eigenvalue weighted by Crippen LogP contribution is -2.31. The minimum Gasteiger partial charge on any atom is -0.395 e. The lowest BCUT2D eigenvalue weighted by Gasteiger charge is -2.09. The molecule has 0 radical (unpaired) electrons. The van der Waals surface area contributed by atoms with Crippen LogP contribution >= 0.6 is 0 Å². The molecule has 0 spiro atoms. The quantitative estimate of drug-likeness (QED) is 0.809. The number of nitrogens with zero attached hydrogens (tertiary/aromatic N) is 2. The molecule has 0 fully saturated rings. The van der Waals surface area contributed by atoms with Crippen molar-refractivity contribution in [2.45, 2.75) is 19.6 Å². The number of carbonyl (C=O) groups excluding carboxylic acids is 1. The lowest BCUT2D eigenvalue weighted by molar-refractivity contribution is -0.144. The number of aliphatic hydroxyl groups is 1. The first-order chi connectivity index (χ1) is 7.84. The zero-order valence-electron chi connectivity index (χ0n) is 9.08. The van der Waals surface area contributed by atoms with Crippen LogP contribution in [0, 0.1) is 6.92 Å². The molecule has 17 heavy (non-hydrogen) atoms. The van der Waals surface area contributed by atoms with Crippen LogP contribution in [0.15, 0.2) is 6.07 Å². The van der Waals surface area contributed by atoms with Crippen molar-refractivity contribution >= 4 is 5.91 Å². The molecule has 0 aliphatic carbocycles. The van der Waals surface area contributed by atoms with Crippen LogP contribution in [0.3, 0.4) is 0 Å². The van der Waals surface area contributed by atoms with E-state index in [1.165, 1.54) is 6.92 Å². The van der Waals surface area contributed by atoms with Gasteiger partial charge in [-0.3, -0.25) is 9.48 Å². The summed E-state index contributed by atoms with van der Waals surface area (Å²) in [7, 11) is 0. The predicted octanol–water partition coefficient (Wildman–Crippen LogP) is 0.319.